The molecular formula is C15H21F3N2O. The molecule has 1 aliphatic carbocycles. The van der Waals surface area contributed by atoms with Crippen molar-refractivity contribution in [2.24, 2.45) is 0 Å². The molecule has 0 atom stereocenters. The number of anilines is 2. The molecule has 0 radical (unpaired) electrons. The van der Waals surface area contributed by atoms with E-state index in [2.05, 4.69) is 10.1 Å². The zero-order valence-electron chi connectivity index (χ0n) is 11.9. The van der Waals surface area contributed by atoms with Gasteiger partial charge in [-0.25, -0.2) is 4.39 Å². The van der Waals surface area contributed by atoms with Crippen LogP contribution in [0.3, 0.4) is 0 Å². The fourth-order valence-corrected chi connectivity index (χ4v) is 2.70. The van der Waals surface area contributed by atoms with E-state index in [9.17, 15) is 13.2 Å². The van der Waals surface area contributed by atoms with E-state index in [1.54, 1.807) is 0 Å². The van der Waals surface area contributed by atoms with Gasteiger partial charge in [-0.2, -0.15) is 8.78 Å². The van der Waals surface area contributed by atoms with Gasteiger partial charge < -0.3 is 15.8 Å². The molecular weight excluding hydrogens is 281 g/mol. The molecule has 0 saturated heterocycles. The second-order valence-electron chi connectivity index (χ2n) is 5.43. The topological polar surface area (TPSA) is 47.3 Å². The first-order chi connectivity index (χ1) is 10.1. The summed E-state index contributed by atoms with van der Waals surface area (Å²) in [6.07, 6.45) is 7.92. The number of benzene rings is 1. The van der Waals surface area contributed by atoms with Crippen molar-refractivity contribution < 1.29 is 17.9 Å². The number of hydrogen-bond acceptors (Lipinski definition) is 3. The van der Waals surface area contributed by atoms with Crippen LogP contribution in [0, 0.1) is 5.82 Å². The molecule has 1 aromatic carbocycles. The standard InChI is InChI=1S/C15H21F3N2O/c16-11-8-12(19)13(9-14(11)21-15(17)18)20-10-6-4-2-1-3-5-7-10/h8-10,15,20H,1-7,19H2. The Hall–Kier alpha value is -1.59. The largest absolute Gasteiger partial charge is 0.432 e. The minimum atomic E-state index is -3.06. The molecule has 1 fully saturated rings. The van der Waals surface area contributed by atoms with Crippen LogP contribution in [0.25, 0.3) is 0 Å². The summed E-state index contributed by atoms with van der Waals surface area (Å²) in [6.45, 7) is -3.06. The van der Waals surface area contributed by atoms with Crippen molar-refractivity contribution >= 4 is 11.4 Å². The van der Waals surface area contributed by atoms with Gasteiger partial charge in [-0.05, 0) is 12.8 Å². The molecule has 0 unspecified atom stereocenters. The fourth-order valence-electron chi connectivity index (χ4n) is 2.70. The average Bonchev–Trinajstić information content (AvgIpc) is 2.37. The van der Waals surface area contributed by atoms with E-state index in [1.807, 2.05) is 0 Å². The lowest BCUT2D eigenvalue weighted by Gasteiger charge is -2.23. The Morgan fingerprint density at radius 2 is 1.71 bits per heavy atom. The smallest absolute Gasteiger partial charge is 0.387 e. The Labute approximate surface area is 122 Å². The first-order valence-corrected chi connectivity index (χ1v) is 7.36. The van der Waals surface area contributed by atoms with Gasteiger partial charge in [0, 0.05) is 18.2 Å². The summed E-state index contributed by atoms with van der Waals surface area (Å²) in [5.41, 5.74) is 6.42. The Balaban J connectivity index is 2.10. The molecule has 1 aliphatic rings. The van der Waals surface area contributed by atoms with E-state index in [0.29, 0.717) is 5.69 Å². The summed E-state index contributed by atoms with van der Waals surface area (Å²) in [5, 5.41) is 3.24. The first-order valence-electron chi connectivity index (χ1n) is 7.36. The predicted molar refractivity (Wildman–Crippen MR) is 77.2 cm³/mol. The molecule has 0 aliphatic heterocycles. The molecule has 0 amide bonds. The van der Waals surface area contributed by atoms with Crippen LogP contribution < -0.4 is 15.8 Å². The fraction of sp³-hybridized carbons (Fsp3) is 0.600. The number of rotatable bonds is 4. The highest BCUT2D eigenvalue weighted by molar-refractivity contribution is 5.69. The number of nitrogens with one attached hydrogen (secondary N) is 1. The van der Waals surface area contributed by atoms with E-state index >= 15 is 0 Å². The van der Waals surface area contributed by atoms with Crippen molar-refractivity contribution in [3.63, 3.8) is 0 Å². The maximum absolute atomic E-state index is 13.5. The second kappa shape index (κ2) is 7.43. The Kier molecular flexibility index (Phi) is 5.59. The third kappa shape index (κ3) is 4.72. The molecule has 0 bridgehead atoms. The molecule has 3 nitrogen and oxygen atoms in total. The van der Waals surface area contributed by atoms with E-state index in [0.717, 1.165) is 31.7 Å². The van der Waals surface area contributed by atoms with Crippen LogP contribution in [-0.4, -0.2) is 12.7 Å². The third-order valence-corrected chi connectivity index (χ3v) is 3.78. The molecule has 2 rings (SSSR count). The summed E-state index contributed by atoms with van der Waals surface area (Å²) in [7, 11) is 0. The molecule has 1 aromatic rings. The summed E-state index contributed by atoms with van der Waals surface area (Å²) in [4.78, 5) is 0. The molecule has 3 N–H and O–H groups in total. The van der Waals surface area contributed by atoms with Gasteiger partial charge in [0.1, 0.15) is 0 Å². The van der Waals surface area contributed by atoms with E-state index in [4.69, 9.17) is 5.73 Å². The Bertz CT molecular complexity index is 460. The number of nitrogens with two attached hydrogens (primary N) is 1. The summed E-state index contributed by atoms with van der Waals surface area (Å²) >= 11 is 0. The normalized spacial score (nSPS) is 17.3. The average molecular weight is 302 g/mol. The van der Waals surface area contributed by atoms with Crippen LogP contribution in [0.4, 0.5) is 24.5 Å². The molecule has 6 heteroatoms. The lowest BCUT2D eigenvalue weighted by Crippen LogP contribution is -2.21. The van der Waals surface area contributed by atoms with Crippen molar-refractivity contribution in [3.8, 4) is 5.75 Å². The number of halogens is 3. The molecule has 1 saturated carbocycles. The Morgan fingerprint density at radius 1 is 1.10 bits per heavy atom. The van der Waals surface area contributed by atoms with Crippen LogP contribution in [0.15, 0.2) is 12.1 Å². The number of hydrogen-bond donors (Lipinski definition) is 2. The zero-order valence-corrected chi connectivity index (χ0v) is 11.9. The van der Waals surface area contributed by atoms with Gasteiger partial charge in [-0.1, -0.05) is 32.1 Å². The highest BCUT2D eigenvalue weighted by Crippen LogP contribution is 2.31. The second-order valence-corrected chi connectivity index (χ2v) is 5.43. The summed E-state index contributed by atoms with van der Waals surface area (Å²) in [5.74, 6) is -1.36. The number of nitrogen functional groups attached to an aromatic ring is 1. The van der Waals surface area contributed by atoms with Crippen molar-refractivity contribution in [3.05, 3.63) is 17.9 Å². The van der Waals surface area contributed by atoms with Gasteiger partial charge in [0.05, 0.1) is 11.4 Å². The van der Waals surface area contributed by atoms with Gasteiger partial charge in [-0.15, -0.1) is 0 Å². The van der Waals surface area contributed by atoms with Gasteiger partial charge in [0.25, 0.3) is 0 Å². The number of ether oxygens (including phenoxy) is 1. The van der Waals surface area contributed by atoms with Crippen LogP contribution in [0.1, 0.15) is 44.9 Å². The van der Waals surface area contributed by atoms with Gasteiger partial charge in [0.2, 0.25) is 0 Å². The molecule has 21 heavy (non-hydrogen) atoms. The van der Waals surface area contributed by atoms with Crippen molar-refractivity contribution in [1.29, 1.82) is 0 Å². The maximum Gasteiger partial charge on any atom is 0.387 e. The number of alkyl halides is 2. The summed E-state index contributed by atoms with van der Waals surface area (Å²) < 4.78 is 42.2. The van der Waals surface area contributed by atoms with Gasteiger partial charge >= 0.3 is 6.61 Å². The monoisotopic (exact) mass is 302 g/mol. The highest BCUT2D eigenvalue weighted by Gasteiger charge is 2.16. The Morgan fingerprint density at radius 3 is 2.33 bits per heavy atom. The van der Waals surface area contributed by atoms with E-state index < -0.39 is 18.2 Å². The van der Waals surface area contributed by atoms with Gasteiger partial charge in [0.15, 0.2) is 11.6 Å². The molecule has 0 heterocycles. The maximum atomic E-state index is 13.5. The quantitative estimate of drug-likeness (QED) is 0.803. The highest BCUT2D eigenvalue weighted by atomic mass is 19.3. The lowest BCUT2D eigenvalue weighted by atomic mass is 9.96. The van der Waals surface area contributed by atoms with E-state index in [-0.39, 0.29) is 11.7 Å². The third-order valence-electron chi connectivity index (χ3n) is 3.78. The van der Waals surface area contributed by atoms with Crippen molar-refractivity contribution in [2.45, 2.75) is 57.6 Å². The van der Waals surface area contributed by atoms with Crippen LogP contribution in [0.5, 0.6) is 5.75 Å². The first kappa shape index (κ1) is 15.8. The minimum absolute atomic E-state index is 0.205. The molecule has 0 spiro atoms. The SMILES string of the molecule is Nc1cc(F)c(OC(F)F)cc1NC1CCCCCCC1. The summed E-state index contributed by atoms with van der Waals surface area (Å²) in [6, 6.07) is 2.47. The van der Waals surface area contributed by atoms with Crippen LogP contribution in [-0.2, 0) is 0 Å². The molecule has 118 valence electrons. The lowest BCUT2D eigenvalue weighted by molar-refractivity contribution is -0.0521. The van der Waals surface area contributed by atoms with E-state index in [1.165, 1.54) is 25.3 Å². The molecule has 0 aromatic heterocycles. The van der Waals surface area contributed by atoms with Gasteiger partial charge in [-0.3, -0.25) is 0 Å². The van der Waals surface area contributed by atoms with Crippen LogP contribution >= 0.6 is 0 Å². The van der Waals surface area contributed by atoms with Crippen molar-refractivity contribution in [1.82, 2.24) is 0 Å². The minimum Gasteiger partial charge on any atom is -0.432 e. The zero-order chi connectivity index (χ0) is 15.2. The van der Waals surface area contributed by atoms with Crippen LogP contribution in [0.2, 0.25) is 0 Å². The van der Waals surface area contributed by atoms with Crippen molar-refractivity contribution in [2.75, 3.05) is 11.1 Å². The predicted octanol–water partition coefficient (Wildman–Crippen LogP) is 4.53.